The van der Waals surface area contributed by atoms with Crippen molar-refractivity contribution in [1.82, 2.24) is 5.32 Å². The largest absolute Gasteiger partial charge is 0.464 e. The molecule has 2 aliphatic heterocycles. The Labute approximate surface area is 143 Å². The molecule has 1 aromatic rings. The molecule has 5 nitrogen and oxygen atoms in total. The lowest BCUT2D eigenvalue weighted by Crippen LogP contribution is -2.50. The summed E-state index contributed by atoms with van der Waals surface area (Å²) in [6.07, 6.45) is 4.57. The molecule has 130 valence electrons. The van der Waals surface area contributed by atoms with Crippen LogP contribution in [0, 0.1) is 6.92 Å². The van der Waals surface area contributed by atoms with Gasteiger partial charge in [0.05, 0.1) is 16.4 Å². The van der Waals surface area contributed by atoms with E-state index in [-0.39, 0.29) is 15.8 Å². The molecule has 1 saturated heterocycles. The third-order valence-electron chi connectivity index (χ3n) is 4.74. The summed E-state index contributed by atoms with van der Waals surface area (Å²) in [5.41, 5.74) is -0.232. The van der Waals surface area contributed by atoms with E-state index in [0.29, 0.717) is 13.0 Å². The molecular weight excluding hydrogens is 326 g/mol. The second-order valence-corrected chi connectivity index (χ2v) is 8.45. The topological polar surface area (TPSA) is 72.5 Å². The lowest BCUT2D eigenvalue weighted by Gasteiger charge is -2.27. The van der Waals surface area contributed by atoms with Crippen molar-refractivity contribution in [3.8, 4) is 0 Å². The molecular formula is C18H23NO4S. The molecule has 2 atom stereocenters. The molecule has 1 N–H and O–H groups in total. The van der Waals surface area contributed by atoms with E-state index < -0.39 is 21.3 Å². The summed E-state index contributed by atoms with van der Waals surface area (Å²) >= 11 is 0. The van der Waals surface area contributed by atoms with Crippen LogP contribution in [0.3, 0.4) is 0 Å². The van der Waals surface area contributed by atoms with Crippen molar-refractivity contribution in [3.05, 3.63) is 40.8 Å². The zero-order valence-electron chi connectivity index (χ0n) is 14.0. The van der Waals surface area contributed by atoms with E-state index in [4.69, 9.17) is 4.74 Å². The molecule has 0 radical (unpaired) electrons. The number of benzene rings is 1. The maximum Gasteiger partial charge on any atom is 0.331 e. The fourth-order valence-corrected chi connectivity index (χ4v) is 5.13. The van der Waals surface area contributed by atoms with E-state index in [0.717, 1.165) is 24.8 Å². The average molecular weight is 349 g/mol. The zero-order chi connectivity index (χ0) is 17.4. The Morgan fingerprint density at radius 1 is 1.33 bits per heavy atom. The first kappa shape index (κ1) is 17.2. The summed E-state index contributed by atoms with van der Waals surface area (Å²) in [6, 6.07) is 6.63. The summed E-state index contributed by atoms with van der Waals surface area (Å²) in [6.45, 7) is 4.24. The van der Waals surface area contributed by atoms with Crippen LogP contribution in [0.15, 0.2) is 40.1 Å². The van der Waals surface area contributed by atoms with Crippen LogP contribution < -0.4 is 5.32 Å². The lowest BCUT2D eigenvalue weighted by atomic mass is 9.94. The summed E-state index contributed by atoms with van der Waals surface area (Å²) in [7, 11) is -3.72. The van der Waals surface area contributed by atoms with Crippen LogP contribution in [0.2, 0.25) is 0 Å². The van der Waals surface area contributed by atoms with Crippen LogP contribution in [0.1, 0.15) is 38.2 Å². The number of carbonyl (C=O) groups is 1. The fourth-order valence-electron chi connectivity index (χ4n) is 3.33. The SMILES string of the molecule is CCCCOC(=O)C12CCC(C=C1S(=O)(=O)c1ccc(C)cc1)N2. The highest BCUT2D eigenvalue weighted by Crippen LogP contribution is 2.43. The number of ether oxygens (including phenoxy) is 1. The molecule has 6 heteroatoms. The van der Waals surface area contributed by atoms with Gasteiger partial charge in [0, 0.05) is 6.04 Å². The Morgan fingerprint density at radius 3 is 2.67 bits per heavy atom. The van der Waals surface area contributed by atoms with Crippen LogP contribution in [-0.2, 0) is 19.4 Å². The molecule has 2 heterocycles. The molecule has 0 spiro atoms. The first-order valence-electron chi connectivity index (χ1n) is 8.39. The maximum atomic E-state index is 13.1. The maximum absolute atomic E-state index is 13.1. The Balaban J connectivity index is 1.93. The number of fused-ring (bicyclic) bond motifs is 2. The van der Waals surface area contributed by atoms with Gasteiger partial charge in [0.15, 0.2) is 5.54 Å². The number of unbranched alkanes of at least 4 members (excludes halogenated alkanes) is 1. The quantitative estimate of drug-likeness (QED) is 0.631. The van der Waals surface area contributed by atoms with Gasteiger partial charge < -0.3 is 4.74 Å². The highest BCUT2D eigenvalue weighted by molar-refractivity contribution is 7.95. The number of rotatable bonds is 6. The minimum Gasteiger partial charge on any atom is -0.464 e. The summed E-state index contributed by atoms with van der Waals surface area (Å²) in [4.78, 5) is 13.0. The fraction of sp³-hybridized carbons (Fsp3) is 0.500. The van der Waals surface area contributed by atoms with Crippen LogP contribution in [0.4, 0.5) is 0 Å². The molecule has 0 aliphatic carbocycles. The van der Waals surface area contributed by atoms with Gasteiger partial charge in [-0.2, -0.15) is 0 Å². The van der Waals surface area contributed by atoms with Gasteiger partial charge in [0.2, 0.25) is 9.84 Å². The van der Waals surface area contributed by atoms with Crippen molar-refractivity contribution >= 4 is 15.8 Å². The third-order valence-corrected chi connectivity index (χ3v) is 6.69. The van der Waals surface area contributed by atoms with Gasteiger partial charge in [0.1, 0.15) is 0 Å². The number of hydrogen-bond donors (Lipinski definition) is 1. The van der Waals surface area contributed by atoms with E-state index in [2.05, 4.69) is 5.32 Å². The molecule has 1 aromatic carbocycles. The molecule has 24 heavy (non-hydrogen) atoms. The summed E-state index contributed by atoms with van der Waals surface area (Å²) in [5, 5.41) is 3.16. The van der Waals surface area contributed by atoms with Gasteiger partial charge in [-0.3, -0.25) is 5.32 Å². The van der Waals surface area contributed by atoms with E-state index in [9.17, 15) is 13.2 Å². The van der Waals surface area contributed by atoms with Crippen LogP contribution in [0.5, 0.6) is 0 Å². The normalized spacial score (nSPS) is 25.6. The van der Waals surface area contributed by atoms with E-state index in [1.165, 1.54) is 0 Å². The van der Waals surface area contributed by atoms with E-state index in [1.807, 2.05) is 13.8 Å². The molecule has 0 aromatic heterocycles. The Bertz CT molecular complexity index is 767. The molecule has 3 rings (SSSR count). The van der Waals surface area contributed by atoms with Gasteiger partial charge in [-0.25, -0.2) is 13.2 Å². The van der Waals surface area contributed by atoms with Crippen LogP contribution in [-0.4, -0.2) is 32.6 Å². The monoisotopic (exact) mass is 349 g/mol. The number of sulfone groups is 1. The lowest BCUT2D eigenvalue weighted by molar-refractivity contribution is -0.149. The number of nitrogens with one attached hydrogen (secondary N) is 1. The summed E-state index contributed by atoms with van der Waals surface area (Å²) < 4.78 is 31.5. The Hall–Kier alpha value is -1.66. The van der Waals surface area contributed by atoms with E-state index >= 15 is 0 Å². The van der Waals surface area contributed by atoms with Crippen molar-refractivity contribution in [2.75, 3.05) is 6.61 Å². The van der Waals surface area contributed by atoms with Crippen molar-refractivity contribution in [1.29, 1.82) is 0 Å². The molecule has 1 fully saturated rings. The van der Waals surface area contributed by atoms with Gasteiger partial charge >= 0.3 is 5.97 Å². The highest BCUT2D eigenvalue weighted by atomic mass is 32.2. The van der Waals surface area contributed by atoms with Gasteiger partial charge in [0.25, 0.3) is 0 Å². The van der Waals surface area contributed by atoms with Crippen LogP contribution in [0.25, 0.3) is 0 Å². The standard InChI is InChI=1S/C18H23NO4S/c1-3-4-11-23-17(20)18-10-9-14(19-18)12-16(18)24(21,22)15-7-5-13(2)6-8-15/h5-8,12,14,19H,3-4,9-11H2,1-2H3. The second-order valence-electron chi connectivity index (χ2n) is 6.53. The molecule has 2 aliphatic rings. The second kappa shape index (κ2) is 6.33. The molecule has 0 saturated carbocycles. The predicted molar refractivity (Wildman–Crippen MR) is 91.2 cm³/mol. The van der Waals surface area contributed by atoms with Crippen molar-refractivity contribution < 1.29 is 17.9 Å². The molecule has 2 bridgehead atoms. The first-order valence-corrected chi connectivity index (χ1v) is 9.87. The number of aryl methyl sites for hydroxylation is 1. The number of hydrogen-bond acceptors (Lipinski definition) is 5. The van der Waals surface area contributed by atoms with Gasteiger partial charge in [-0.05, 0) is 38.3 Å². The van der Waals surface area contributed by atoms with E-state index in [1.54, 1.807) is 30.3 Å². The minimum absolute atomic E-state index is 0.0843. The van der Waals surface area contributed by atoms with Crippen molar-refractivity contribution in [2.24, 2.45) is 0 Å². The van der Waals surface area contributed by atoms with Gasteiger partial charge in [-0.15, -0.1) is 0 Å². The minimum atomic E-state index is -3.72. The Kier molecular flexibility index (Phi) is 4.53. The Morgan fingerprint density at radius 2 is 2.04 bits per heavy atom. The zero-order valence-corrected chi connectivity index (χ0v) is 14.9. The predicted octanol–water partition coefficient (Wildman–Crippen LogP) is 2.50. The van der Waals surface area contributed by atoms with Crippen molar-refractivity contribution in [2.45, 2.75) is 56.0 Å². The van der Waals surface area contributed by atoms with Crippen molar-refractivity contribution in [3.63, 3.8) is 0 Å². The number of carbonyl (C=O) groups excluding carboxylic acids is 1. The highest BCUT2D eigenvalue weighted by Gasteiger charge is 2.57. The molecule has 0 amide bonds. The smallest absolute Gasteiger partial charge is 0.331 e. The summed E-state index contributed by atoms with van der Waals surface area (Å²) in [5.74, 6) is -0.474. The van der Waals surface area contributed by atoms with Gasteiger partial charge in [-0.1, -0.05) is 37.1 Å². The molecule has 2 unspecified atom stereocenters. The first-order chi connectivity index (χ1) is 11.4. The average Bonchev–Trinajstić information content (AvgIpc) is 3.15. The van der Waals surface area contributed by atoms with Crippen LogP contribution >= 0.6 is 0 Å². The number of esters is 1. The third kappa shape index (κ3) is 2.78.